The van der Waals surface area contributed by atoms with Gasteiger partial charge in [0.2, 0.25) is 0 Å². The lowest BCUT2D eigenvalue weighted by atomic mass is 9.72. The average Bonchev–Trinajstić information content (AvgIpc) is 2.85. The number of rotatable bonds is 4. The third kappa shape index (κ3) is 4.31. The zero-order chi connectivity index (χ0) is 23.7. The molecule has 2 aromatic heterocycles. The molecule has 0 fully saturated rings. The summed E-state index contributed by atoms with van der Waals surface area (Å²) in [7, 11) is 0. The Morgan fingerprint density at radius 2 is 1.82 bits per heavy atom. The van der Waals surface area contributed by atoms with E-state index in [0.29, 0.717) is 41.2 Å². The molecule has 0 radical (unpaired) electrons. The first-order valence-electron chi connectivity index (χ1n) is 11.1. The van der Waals surface area contributed by atoms with Crippen LogP contribution in [0.25, 0.3) is 0 Å². The molecule has 0 saturated carbocycles. The molecule has 3 heterocycles. The number of hydrogen-bond acceptors (Lipinski definition) is 5. The van der Waals surface area contributed by atoms with E-state index < -0.39 is 5.92 Å². The standard InChI is InChI=1S/C27H23BrN4O2/c1-16-24(27(34)32-23-11-10-19(28)15-30-23)26(20-9-5-6-12-29-20)25-21(31-16)13-18(14-22(25)33)17-7-3-2-4-8-17/h2-12,15,18,26,31H,13-14H2,1H3,(H,30,32,34)/t18-,26-/m0/s1. The lowest BCUT2D eigenvalue weighted by molar-refractivity contribution is -0.116. The molecule has 2 atom stereocenters. The third-order valence-electron chi connectivity index (χ3n) is 6.30. The van der Waals surface area contributed by atoms with E-state index in [-0.39, 0.29) is 17.6 Å². The van der Waals surface area contributed by atoms with Gasteiger partial charge in [-0.15, -0.1) is 0 Å². The van der Waals surface area contributed by atoms with E-state index in [1.54, 1.807) is 18.5 Å². The minimum atomic E-state index is -0.544. The molecule has 0 spiro atoms. The van der Waals surface area contributed by atoms with Crippen LogP contribution < -0.4 is 10.6 Å². The van der Waals surface area contributed by atoms with E-state index in [0.717, 1.165) is 15.7 Å². The first-order valence-corrected chi connectivity index (χ1v) is 11.9. The average molecular weight is 515 g/mol. The molecule has 0 saturated heterocycles. The van der Waals surface area contributed by atoms with Crippen LogP contribution in [0.2, 0.25) is 0 Å². The number of nitrogens with one attached hydrogen (secondary N) is 2. The summed E-state index contributed by atoms with van der Waals surface area (Å²) in [4.78, 5) is 35.9. The first-order chi connectivity index (χ1) is 16.5. The predicted octanol–water partition coefficient (Wildman–Crippen LogP) is 5.24. The van der Waals surface area contributed by atoms with Crippen LogP contribution in [-0.4, -0.2) is 21.7 Å². The highest BCUT2D eigenvalue weighted by Crippen LogP contribution is 2.45. The highest BCUT2D eigenvalue weighted by Gasteiger charge is 2.41. The number of dihydropyridines is 1. The number of halogens is 1. The van der Waals surface area contributed by atoms with Crippen LogP contribution in [0.5, 0.6) is 0 Å². The summed E-state index contributed by atoms with van der Waals surface area (Å²) in [5.41, 5.74) is 4.52. The van der Waals surface area contributed by atoms with E-state index in [1.807, 2.05) is 49.4 Å². The fourth-order valence-electron chi connectivity index (χ4n) is 4.78. The lowest BCUT2D eigenvalue weighted by Gasteiger charge is -2.36. The van der Waals surface area contributed by atoms with Crippen LogP contribution >= 0.6 is 15.9 Å². The highest BCUT2D eigenvalue weighted by atomic mass is 79.9. The number of aromatic nitrogens is 2. The number of nitrogens with zero attached hydrogens (tertiary/aromatic N) is 2. The monoisotopic (exact) mass is 514 g/mol. The Morgan fingerprint density at radius 3 is 2.53 bits per heavy atom. The molecule has 1 aromatic carbocycles. The van der Waals surface area contributed by atoms with Gasteiger partial charge in [-0.05, 0) is 65.0 Å². The number of carbonyl (C=O) groups excluding carboxylic acids is 2. The van der Waals surface area contributed by atoms with Crippen molar-refractivity contribution in [3.63, 3.8) is 0 Å². The van der Waals surface area contributed by atoms with E-state index in [9.17, 15) is 9.59 Å². The molecule has 34 heavy (non-hydrogen) atoms. The van der Waals surface area contributed by atoms with Crippen LogP contribution in [0.15, 0.2) is 100 Å². The summed E-state index contributed by atoms with van der Waals surface area (Å²) in [5.74, 6) is -0.276. The third-order valence-corrected chi connectivity index (χ3v) is 6.76. The Balaban J connectivity index is 1.54. The molecule has 1 aliphatic heterocycles. The van der Waals surface area contributed by atoms with E-state index in [1.165, 1.54) is 0 Å². The summed E-state index contributed by atoms with van der Waals surface area (Å²) in [6.07, 6.45) is 4.42. The van der Waals surface area contributed by atoms with Crippen molar-refractivity contribution in [2.24, 2.45) is 0 Å². The van der Waals surface area contributed by atoms with E-state index in [2.05, 4.69) is 48.7 Å². The predicted molar refractivity (Wildman–Crippen MR) is 134 cm³/mol. The normalized spacial score (nSPS) is 20.0. The summed E-state index contributed by atoms with van der Waals surface area (Å²) < 4.78 is 0.821. The number of hydrogen-bond donors (Lipinski definition) is 2. The number of allylic oxidation sites excluding steroid dienone is 3. The molecule has 170 valence electrons. The number of anilines is 1. The molecule has 0 bridgehead atoms. The van der Waals surface area contributed by atoms with E-state index >= 15 is 0 Å². The molecular weight excluding hydrogens is 492 g/mol. The molecule has 3 aromatic rings. The number of amides is 1. The number of pyridine rings is 2. The molecule has 6 nitrogen and oxygen atoms in total. The molecular formula is C27H23BrN4O2. The van der Waals surface area contributed by atoms with Gasteiger partial charge in [-0.3, -0.25) is 14.6 Å². The Hall–Kier alpha value is -3.58. The van der Waals surface area contributed by atoms with Gasteiger partial charge in [0.25, 0.3) is 5.91 Å². The topological polar surface area (TPSA) is 84.0 Å². The Labute approximate surface area is 206 Å². The van der Waals surface area contributed by atoms with Crippen molar-refractivity contribution in [1.29, 1.82) is 0 Å². The summed E-state index contributed by atoms with van der Waals surface area (Å²) in [6.45, 7) is 1.88. The molecule has 0 unspecified atom stereocenters. The number of Topliss-reactive ketones (excluding diaryl/α,β-unsaturated/α-hetero) is 1. The second-order valence-corrected chi connectivity index (χ2v) is 9.41. The fraction of sp³-hybridized carbons (Fsp3) is 0.185. The maximum Gasteiger partial charge on any atom is 0.255 e. The van der Waals surface area contributed by atoms with Gasteiger partial charge in [-0.25, -0.2) is 4.98 Å². The van der Waals surface area contributed by atoms with Crippen LogP contribution in [0.1, 0.15) is 42.9 Å². The van der Waals surface area contributed by atoms with Crippen LogP contribution in [-0.2, 0) is 9.59 Å². The van der Waals surface area contributed by atoms with Gasteiger partial charge < -0.3 is 10.6 Å². The molecule has 1 aliphatic carbocycles. The quantitative estimate of drug-likeness (QED) is 0.497. The van der Waals surface area contributed by atoms with Gasteiger partial charge in [0.15, 0.2) is 5.78 Å². The first kappa shape index (κ1) is 22.2. The Kier molecular flexibility index (Phi) is 6.11. The maximum atomic E-state index is 13.6. The van der Waals surface area contributed by atoms with Gasteiger partial charge >= 0.3 is 0 Å². The van der Waals surface area contributed by atoms with Gasteiger partial charge in [0.1, 0.15) is 5.82 Å². The molecule has 2 N–H and O–H groups in total. The molecule has 2 aliphatic rings. The zero-order valence-electron chi connectivity index (χ0n) is 18.6. The van der Waals surface area contributed by atoms with Crippen molar-refractivity contribution in [1.82, 2.24) is 15.3 Å². The fourth-order valence-corrected chi connectivity index (χ4v) is 5.01. The number of ketones is 1. The molecule has 1 amide bonds. The van der Waals surface area contributed by atoms with Crippen LogP contribution in [0.4, 0.5) is 5.82 Å². The zero-order valence-corrected chi connectivity index (χ0v) is 20.2. The van der Waals surface area contributed by atoms with Gasteiger partial charge in [0, 0.05) is 45.8 Å². The Morgan fingerprint density at radius 1 is 1.03 bits per heavy atom. The SMILES string of the molecule is CC1=C(C(=O)Nc2ccc(Br)cn2)[C@H](c2ccccn2)C2=C(C[C@H](c3ccccc3)CC2=O)N1. The number of benzene rings is 1. The molecule has 5 rings (SSSR count). The maximum absolute atomic E-state index is 13.6. The van der Waals surface area contributed by atoms with Crippen molar-refractivity contribution < 1.29 is 9.59 Å². The minimum Gasteiger partial charge on any atom is -0.362 e. The number of carbonyl (C=O) groups is 2. The smallest absolute Gasteiger partial charge is 0.255 e. The second kappa shape index (κ2) is 9.35. The minimum absolute atomic E-state index is 0.0397. The van der Waals surface area contributed by atoms with Crippen LogP contribution in [0, 0.1) is 0 Å². The van der Waals surface area contributed by atoms with Crippen molar-refractivity contribution >= 4 is 33.4 Å². The van der Waals surface area contributed by atoms with Crippen molar-refractivity contribution in [2.45, 2.75) is 31.6 Å². The Bertz CT molecular complexity index is 1300. The summed E-state index contributed by atoms with van der Waals surface area (Å²) >= 11 is 3.36. The van der Waals surface area contributed by atoms with Gasteiger partial charge in [-0.2, -0.15) is 0 Å². The van der Waals surface area contributed by atoms with Crippen LogP contribution in [0.3, 0.4) is 0 Å². The summed E-state index contributed by atoms with van der Waals surface area (Å²) in [5, 5.41) is 6.28. The lowest BCUT2D eigenvalue weighted by Crippen LogP contribution is -2.37. The summed E-state index contributed by atoms with van der Waals surface area (Å²) in [6, 6.07) is 19.2. The van der Waals surface area contributed by atoms with Crippen molar-refractivity contribution in [3.05, 3.63) is 111 Å². The highest BCUT2D eigenvalue weighted by molar-refractivity contribution is 9.10. The van der Waals surface area contributed by atoms with Crippen molar-refractivity contribution in [3.8, 4) is 0 Å². The van der Waals surface area contributed by atoms with Gasteiger partial charge in [-0.1, -0.05) is 36.4 Å². The van der Waals surface area contributed by atoms with E-state index in [4.69, 9.17) is 0 Å². The largest absolute Gasteiger partial charge is 0.362 e. The second-order valence-electron chi connectivity index (χ2n) is 8.50. The van der Waals surface area contributed by atoms with Gasteiger partial charge in [0.05, 0.1) is 11.6 Å². The van der Waals surface area contributed by atoms with Crippen molar-refractivity contribution in [2.75, 3.05) is 5.32 Å². The molecule has 7 heteroatoms.